The maximum absolute atomic E-state index is 12.8. The summed E-state index contributed by atoms with van der Waals surface area (Å²) in [4.78, 5) is 25.3. The molecular formula is C21H16Cl2N4O3. The molecule has 0 unspecified atom stereocenters. The van der Waals surface area contributed by atoms with Crippen LogP contribution in [0, 0.1) is 6.92 Å². The number of aryl methyl sites for hydroxylation is 1. The maximum atomic E-state index is 12.8. The van der Waals surface area contributed by atoms with E-state index in [4.69, 9.17) is 27.7 Å². The molecule has 2 aromatic heterocycles. The predicted octanol–water partition coefficient (Wildman–Crippen LogP) is 3.98. The monoisotopic (exact) mass is 442 g/mol. The van der Waals surface area contributed by atoms with Crippen molar-refractivity contribution in [2.75, 3.05) is 0 Å². The van der Waals surface area contributed by atoms with Crippen LogP contribution in [0.3, 0.4) is 0 Å². The molecule has 0 aliphatic heterocycles. The van der Waals surface area contributed by atoms with Gasteiger partial charge in [-0.1, -0.05) is 58.7 Å². The van der Waals surface area contributed by atoms with Gasteiger partial charge in [-0.05, 0) is 30.7 Å². The molecule has 0 aliphatic carbocycles. The van der Waals surface area contributed by atoms with E-state index in [-0.39, 0.29) is 24.5 Å². The molecule has 0 atom stereocenters. The minimum Gasteiger partial charge on any atom is -0.360 e. The number of halogens is 2. The van der Waals surface area contributed by atoms with Crippen LogP contribution in [0.25, 0.3) is 22.2 Å². The summed E-state index contributed by atoms with van der Waals surface area (Å²) in [6.07, 6.45) is 0. The first-order valence-electron chi connectivity index (χ1n) is 9.07. The van der Waals surface area contributed by atoms with Crippen LogP contribution >= 0.6 is 23.2 Å². The van der Waals surface area contributed by atoms with E-state index in [1.165, 1.54) is 0 Å². The summed E-state index contributed by atoms with van der Waals surface area (Å²) in [5, 5.41) is 12.7. The van der Waals surface area contributed by atoms with Gasteiger partial charge >= 0.3 is 0 Å². The van der Waals surface area contributed by atoms with Crippen LogP contribution in [0.1, 0.15) is 11.3 Å². The van der Waals surface area contributed by atoms with Gasteiger partial charge in [0, 0.05) is 22.2 Å². The summed E-state index contributed by atoms with van der Waals surface area (Å²) < 4.78 is 6.30. The van der Waals surface area contributed by atoms with E-state index in [1.807, 2.05) is 18.2 Å². The normalized spacial score (nSPS) is 11.0. The number of carbonyl (C=O) groups excluding carboxylic acids is 1. The number of fused-ring (bicyclic) bond motifs is 1. The van der Waals surface area contributed by atoms with E-state index in [2.05, 4.69) is 15.6 Å². The smallest absolute Gasteiger partial charge is 0.297 e. The predicted molar refractivity (Wildman–Crippen MR) is 115 cm³/mol. The largest absolute Gasteiger partial charge is 0.360 e. The Labute approximate surface area is 181 Å². The van der Waals surface area contributed by atoms with Crippen LogP contribution in [-0.4, -0.2) is 20.8 Å². The lowest BCUT2D eigenvalue weighted by Crippen LogP contribution is -2.33. The van der Waals surface area contributed by atoms with Crippen molar-refractivity contribution in [3.8, 4) is 11.3 Å². The Balaban J connectivity index is 1.66. The number of carbonyl (C=O) groups is 1. The first-order chi connectivity index (χ1) is 14.4. The Morgan fingerprint density at radius 2 is 1.87 bits per heavy atom. The number of nitrogens with zero attached hydrogens (tertiary/aromatic N) is 3. The van der Waals surface area contributed by atoms with Crippen molar-refractivity contribution >= 4 is 40.0 Å². The van der Waals surface area contributed by atoms with E-state index in [1.54, 1.807) is 37.3 Å². The van der Waals surface area contributed by atoms with Crippen molar-refractivity contribution in [3.63, 3.8) is 0 Å². The molecule has 0 aliphatic rings. The summed E-state index contributed by atoms with van der Waals surface area (Å²) >= 11 is 12.1. The van der Waals surface area contributed by atoms with Crippen LogP contribution in [0.15, 0.2) is 57.8 Å². The van der Waals surface area contributed by atoms with E-state index in [0.717, 1.165) is 15.8 Å². The van der Waals surface area contributed by atoms with Crippen LogP contribution in [0.5, 0.6) is 0 Å². The number of hydrogen-bond acceptors (Lipinski definition) is 5. The molecule has 9 heteroatoms. The molecule has 7 nitrogen and oxygen atoms in total. The molecule has 30 heavy (non-hydrogen) atoms. The molecule has 0 radical (unpaired) electrons. The molecular weight excluding hydrogens is 427 g/mol. The molecule has 2 heterocycles. The van der Waals surface area contributed by atoms with Gasteiger partial charge in [0.15, 0.2) is 5.52 Å². The van der Waals surface area contributed by atoms with Crippen LogP contribution < -0.4 is 10.9 Å². The Bertz CT molecular complexity index is 1300. The fourth-order valence-electron chi connectivity index (χ4n) is 3.08. The second-order valence-electron chi connectivity index (χ2n) is 6.65. The summed E-state index contributed by atoms with van der Waals surface area (Å²) in [5.41, 5.74) is 1.59. The molecule has 152 valence electrons. The molecule has 1 amide bonds. The zero-order valence-corrected chi connectivity index (χ0v) is 17.4. The highest BCUT2D eigenvalue weighted by atomic mass is 35.5. The fourth-order valence-corrected chi connectivity index (χ4v) is 3.41. The minimum absolute atomic E-state index is 0.117. The maximum Gasteiger partial charge on any atom is 0.297 e. The quantitative estimate of drug-likeness (QED) is 0.504. The second-order valence-corrected chi connectivity index (χ2v) is 7.49. The Kier molecular flexibility index (Phi) is 5.57. The Morgan fingerprint density at radius 1 is 1.13 bits per heavy atom. The Morgan fingerprint density at radius 3 is 2.60 bits per heavy atom. The van der Waals surface area contributed by atoms with Gasteiger partial charge in [-0.2, -0.15) is 5.10 Å². The topological polar surface area (TPSA) is 90.0 Å². The average molecular weight is 443 g/mol. The van der Waals surface area contributed by atoms with E-state index in [9.17, 15) is 9.59 Å². The zero-order chi connectivity index (χ0) is 21.3. The lowest BCUT2D eigenvalue weighted by molar-refractivity contribution is -0.122. The van der Waals surface area contributed by atoms with Crippen LogP contribution in [-0.2, 0) is 17.9 Å². The highest BCUT2D eigenvalue weighted by molar-refractivity contribution is 6.31. The van der Waals surface area contributed by atoms with Gasteiger partial charge in [0.1, 0.15) is 18.0 Å². The van der Waals surface area contributed by atoms with Crippen LogP contribution in [0.4, 0.5) is 0 Å². The molecule has 4 aromatic rings. The standard InChI is InChI=1S/C21H16Cl2N4O3/c1-12-18-19(13-6-8-15(22)9-7-13)25-27(21(29)20(18)26-30-12)11-17(28)24-10-14-4-2-3-5-16(14)23/h2-9H,10-11H2,1H3,(H,24,28). The van der Waals surface area contributed by atoms with Crippen molar-refractivity contribution in [2.45, 2.75) is 20.0 Å². The van der Waals surface area contributed by atoms with Crippen LogP contribution in [0.2, 0.25) is 10.0 Å². The number of benzene rings is 2. The van der Waals surface area contributed by atoms with Gasteiger partial charge in [0.25, 0.3) is 5.56 Å². The molecule has 1 N–H and O–H groups in total. The Hall–Kier alpha value is -3.16. The lowest BCUT2D eigenvalue weighted by atomic mass is 10.1. The number of nitrogens with one attached hydrogen (secondary N) is 1. The number of rotatable bonds is 5. The van der Waals surface area contributed by atoms with E-state index >= 15 is 0 Å². The molecule has 0 saturated carbocycles. The summed E-state index contributed by atoms with van der Waals surface area (Å²) in [6.45, 7) is 1.67. The first-order valence-corrected chi connectivity index (χ1v) is 9.83. The van der Waals surface area contributed by atoms with Gasteiger partial charge in [-0.25, -0.2) is 4.68 Å². The second kappa shape index (κ2) is 8.30. The summed E-state index contributed by atoms with van der Waals surface area (Å²) in [5.74, 6) is 0.0843. The minimum atomic E-state index is -0.507. The fraction of sp³-hybridized carbons (Fsp3) is 0.143. The third kappa shape index (κ3) is 3.94. The average Bonchev–Trinajstić information content (AvgIpc) is 3.12. The van der Waals surface area contributed by atoms with Crippen molar-refractivity contribution in [1.29, 1.82) is 0 Å². The molecule has 0 fully saturated rings. The van der Waals surface area contributed by atoms with Crippen molar-refractivity contribution in [3.05, 3.63) is 80.3 Å². The third-order valence-electron chi connectivity index (χ3n) is 4.60. The van der Waals surface area contributed by atoms with Crippen molar-refractivity contribution in [1.82, 2.24) is 20.3 Å². The SMILES string of the molecule is Cc1onc2c(=O)n(CC(=O)NCc3ccccc3Cl)nc(-c3ccc(Cl)cc3)c12. The van der Waals surface area contributed by atoms with Gasteiger partial charge in [0.05, 0.1) is 5.39 Å². The van der Waals surface area contributed by atoms with Gasteiger partial charge in [0.2, 0.25) is 5.91 Å². The van der Waals surface area contributed by atoms with Gasteiger partial charge in [-0.15, -0.1) is 0 Å². The number of amides is 1. The van der Waals surface area contributed by atoms with Crippen molar-refractivity contribution < 1.29 is 9.32 Å². The highest BCUT2D eigenvalue weighted by Gasteiger charge is 2.20. The number of hydrogen-bond donors (Lipinski definition) is 1. The molecule has 4 rings (SSSR count). The first kappa shape index (κ1) is 20.1. The molecule has 0 saturated heterocycles. The van der Waals surface area contributed by atoms with E-state index < -0.39 is 5.56 Å². The van der Waals surface area contributed by atoms with E-state index in [0.29, 0.717) is 26.9 Å². The summed E-state index contributed by atoms with van der Waals surface area (Å²) in [6, 6.07) is 14.2. The van der Waals surface area contributed by atoms with Gasteiger partial charge in [-0.3, -0.25) is 9.59 Å². The summed E-state index contributed by atoms with van der Waals surface area (Å²) in [7, 11) is 0. The highest BCUT2D eigenvalue weighted by Crippen LogP contribution is 2.28. The lowest BCUT2D eigenvalue weighted by Gasteiger charge is -2.10. The molecule has 0 spiro atoms. The zero-order valence-electron chi connectivity index (χ0n) is 15.9. The van der Waals surface area contributed by atoms with Crippen molar-refractivity contribution in [2.24, 2.45) is 0 Å². The molecule has 2 aromatic carbocycles. The molecule has 0 bridgehead atoms. The third-order valence-corrected chi connectivity index (χ3v) is 5.22. The van der Waals surface area contributed by atoms with Gasteiger partial charge < -0.3 is 9.84 Å². The number of aromatic nitrogens is 3.